The Morgan fingerprint density at radius 2 is 1.26 bits per heavy atom. The summed E-state index contributed by atoms with van der Waals surface area (Å²) in [5, 5.41) is 5.53. The number of fused-ring (bicyclic) bond motifs is 3. The molecule has 0 unspecified atom stereocenters. The number of anilines is 1. The van der Waals surface area contributed by atoms with E-state index in [0.717, 1.165) is 51.9 Å². The number of benzene rings is 4. The van der Waals surface area contributed by atoms with Crippen molar-refractivity contribution in [3.8, 4) is 0 Å². The zero-order chi connectivity index (χ0) is 26.8. The summed E-state index contributed by atoms with van der Waals surface area (Å²) in [7, 11) is 2.90. The monoisotopic (exact) mass is 631 g/mol. The van der Waals surface area contributed by atoms with Gasteiger partial charge in [-0.3, -0.25) is 19.4 Å². The minimum Gasteiger partial charge on any atom is -0.376 e. The fourth-order valence-electron chi connectivity index (χ4n) is 6.02. The summed E-state index contributed by atoms with van der Waals surface area (Å²) < 4.78 is 1.77. The Hall–Kier alpha value is -3.49. The molecule has 0 bridgehead atoms. The van der Waals surface area contributed by atoms with Crippen molar-refractivity contribution in [2.24, 2.45) is 5.41 Å². The molecule has 1 saturated heterocycles. The first-order valence-corrected chi connectivity index (χ1v) is 13.7. The number of hydrogen-bond acceptors (Lipinski definition) is 4. The van der Waals surface area contributed by atoms with Crippen LogP contribution in [0.4, 0.5) is 10.5 Å². The number of carbonyl (C=O) groups is 3. The van der Waals surface area contributed by atoms with Crippen LogP contribution in [-0.4, -0.2) is 41.7 Å². The van der Waals surface area contributed by atoms with Gasteiger partial charge in [-0.05, 0) is 57.8 Å². The average molecular weight is 633 g/mol. The maximum atomic E-state index is 14.5. The molecular formula is C30H23Br2N3O3. The maximum Gasteiger partial charge on any atom is 0.332 e. The molecule has 38 heavy (non-hydrogen) atoms. The number of urea groups is 1. The average Bonchev–Trinajstić information content (AvgIpc) is 2.94. The highest BCUT2D eigenvalue weighted by Gasteiger charge is 2.67. The fraction of sp³-hybridized carbons (Fsp3) is 0.167. The minimum atomic E-state index is -1.67. The van der Waals surface area contributed by atoms with Gasteiger partial charge < -0.3 is 5.32 Å². The smallest absolute Gasteiger partial charge is 0.332 e. The number of imide groups is 2. The zero-order valence-corrected chi connectivity index (χ0v) is 23.8. The standard InChI is InChI=1S/C30H23Br2N3O3/c1-34-27(36)30(28(37)35(2)29(34)38)25(18-7-12-20(31)13-8-18)24-22-6-4-3-5-17(22)11-16-23(24)33-26(30)19-9-14-21(32)15-10-19/h3-16,25-26,33H,1-2H3/t25-,26-/m1/s1. The van der Waals surface area contributed by atoms with Crippen LogP contribution in [0.25, 0.3) is 10.8 Å². The van der Waals surface area contributed by atoms with Gasteiger partial charge in [-0.15, -0.1) is 0 Å². The molecular weight excluding hydrogens is 610 g/mol. The van der Waals surface area contributed by atoms with Crippen molar-refractivity contribution in [3.05, 3.63) is 111 Å². The number of hydrogen-bond donors (Lipinski definition) is 1. The molecule has 0 aromatic heterocycles. The van der Waals surface area contributed by atoms with Crippen LogP contribution in [0.3, 0.4) is 0 Å². The van der Waals surface area contributed by atoms with E-state index in [1.54, 1.807) is 0 Å². The van der Waals surface area contributed by atoms with Crippen molar-refractivity contribution in [2.75, 3.05) is 19.4 Å². The van der Waals surface area contributed by atoms with Crippen molar-refractivity contribution in [3.63, 3.8) is 0 Å². The number of rotatable bonds is 2. The number of nitrogens with one attached hydrogen (secondary N) is 1. The van der Waals surface area contributed by atoms with Crippen LogP contribution in [0.15, 0.2) is 93.9 Å². The molecule has 2 atom stereocenters. The second-order valence-corrected chi connectivity index (χ2v) is 11.6. The first-order chi connectivity index (χ1) is 18.2. The molecule has 0 aliphatic carbocycles. The molecule has 4 amide bonds. The first-order valence-electron chi connectivity index (χ1n) is 12.1. The van der Waals surface area contributed by atoms with E-state index >= 15 is 0 Å². The lowest BCUT2D eigenvalue weighted by Gasteiger charge is -2.53. The third-order valence-corrected chi connectivity index (χ3v) is 8.82. The molecule has 190 valence electrons. The summed E-state index contributed by atoms with van der Waals surface area (Å²) in [6.07, 6.45) is 0. The lowest BCUT2D eigenvalue weighted by molar-refractivity contribution is -0.160. The second-order valence-electron chi connectivity index (χ2n) is 9.74. The first kappa shape index (κ1) is 24.8. The molecule has 2 aliphatic rings. The lowest BCUT2D eigenvalue weighted by Crippen LogP contribution is -2.68. The number of barbiturate groups is 1. The molecule has 6 rings (SSSR count). The molecule has 2 aliphatic heterocycles. The molecule has 8 heteroatoms. The van der Waals surface area contributed by atoms with Crippen molar-refractivity contribution in [2.45, 2.75) is 12.0 Å². The van der Waals surface area contributed by atoms with E-state index in [0.29, 0.717) is 0 Å². The summed E-state index contributed by atoms with van der Waals surface area (Å²) in [4.78, 5) is 44.2. The maximum absolute atomic E-state index is 14.5. The highest BCUT2D eigenvalue weighted by molar-refractivity contribution is 9.10. The fourth-order valence-corrected chi connectivity index (χ4v) is 6.55. The van der Waals surface area contributed by atoms with Gasteiger partial charge in [-0.1, -0.05) is 86.5 Å². The summed E-state index contributed by atoms with van der Waals surface area (Å²) in [5.74, 6) is -1.74. The van der Waals surface area contributed by atoms with Gasteiger partial charge in [0.15, 0.2) is 5.41 Å². The molecule has 1 N–H and O–H groups in total. The van der Waals surface area contributed by atoms with E-state index in [-0.39, 0.29) is 0 Å². The van der Waals surface area contributed by atoms with Gasteiger partial charge in [-0.2, -0.15) is 0 Å². The van der Waals surface area contributed by atoms with Crippen LogP contribution >= 0.6 is 31.9 Å². The number of nitrogens with zero attached hydrogens (tertiary/aromatic N) is 2. The predicted octanol–water partition coefficient (Wildman–Crippen LogP) is 6.70. The molecule has 1 fully saturated rings. The van der Waals surface area contributed by atoms with Crippen molar-refractivity contribution in [1.29, 1.82) is 0 Å². The van der Waals surface area contributed by atoms with Crippen molar-refractivity contribution >= 4 is 66.2 Å². The van der Waals surface area contributed by atoms with Crippen LogP contribution in [0, 0.1) is 5.41 Å². The Labute approximate surface area is 236 Å². The summed E-state index contributed by atoms with van der Waals surface area (Å²) >= 11 is 7.02. The van der Waals surface area contributed by atoms with Crippen molar-refractivity contribution < 1.29 is 14.4 Å². The lowest BCUT2D eigenvalue weighted by atomic mass is 9.58. The van der Waals surface area contributed by atoms with Crippen molar-refractivity contribution in [1.82, 2.24) is 9.80 Å². The third kappa shape index (κ3) is 3.47. The summed E-state index contributed by atoms with van der Waals surface area (Å²) in [6, 6.07) is 26.0. The summed E-state index contributed by atoms with van der Waals surface area (Å²) in [6.45, 7) is 0. The molecule has 4 aromatic rings. The van der Waals surface area contributed by atoms with E-state index in [1.807, 2.05) is 84.9 Å². The quantitative estimate of drug-likeness (QED) is 0.250. The largest absolute Gasteiger partial charge is 0.376 e. The minimum absolute atomic E-state index is 0.530. The Bertz CT molecular complexity index is 1590. The van der Waals surface area contributed by atoms with E-state index in [1.165, 1.54) is 14.1 Å². The van der Waals surface area contributed by atoms with Crippen LogP contribution in [0.2, 0.25) is 0 Å². The van der Waals surface area contributed by atoms with Crippen LogP contribution in [-0.2, 0) is 9.59 Å². The van der Waals surface area contributed by atoms with Crippen LogP contribution in [0.5, 0.6) is 0 Å². The van der Waals surface area contributed by atoms with E-state index < -0.39 is 35.2 Å². The Kier molecular flexibility index (Phi) is 5.92. The number of halogens is 2. The van der Waals surface area contributed by atoms with Gasteiger partial charge in [0.05, 0.1) is 6.04 Å². The predicted molar refractivity (Wildman–Crippen MR) is 154 cm³/mol. The van der Waals surface area contributed by atoms with E-state index in [2.05, 4.69) is 37.2 Å². The van der Waals surface area contributed by atoms with E-state index in [4.69, 9.17) is 0 Å². The van der Waals surface area contributed by atoms with Gasteiger partial charge >= 0.3 is 6.03 Å². The molecule has 4 aromatic carbocycles. The third-order valence-electron chi connectivity index (χ3n) is 7.77. The number of amides is 4. The van der Waals surface area contributed by atoms with Gasteiger partial charge in [-0.25, -0.2) is 4.79 Å². The van der Waals surface area contributed by atoms with Gasteiger partial charge in [0.2, 0.25) is 11.8 Å². The Balaban J connectivity index is 1.76. The Morgan fingerprint density at radius 1 is 0.711 bits per heavy atom. The number of carbonyl (C=O) groups excluding carboxylic acids is 3. The molecule has 1 spiro atoms. The second kappa shape index (κ2) is 9.06. The molecule has 0 radical (unpaired) electrons. The van der Waals surface area contributed by atoms with Gasteiger partial charge in [0, 0.05) is 34.6 Å². The normalized spacial score (nSPS) is 20.6. The topological polar surface area (TPSA) is 69.7 Å². The molecule has 6 nitrogen and oxygen atoms in total. The summed E-state index contributed by atoms with van der Waals surface area (Å²) in [5.41, 5.74) is 1.62. The van der Waals surface area contributed by atoms with Crippen LogP contribution in [0.1, 0.15) is 28.7 Å². The Morgan fingerprint density at radius 3 is 1.87 bits per heavy atom. The van der Waals surface area contributed by atoms with Gasteiger partial charge in [0.1, 0.15) is 0 Å². The highest BCUT2D eigenvalue weighted by Crippen LogP contribution is 2.59. The molecule has 0 saturated carbocycles. The zero-order valence-electron chi connectivity index (χ0n) is 20.6. The van der Waals surface area contributed by atoms with Gasteiger partial charge in [0.25, 0.3) is 0 Å². The van der Waals surface area contributed by atoms with E-state index in [9.17, 15) is 14.4 Å². The highest BCUT2D eigenvalue weighted by atomic mass is 79.9. The molecule has 2 heterocycles. The van der Waals surface area contributed by atoms with Crippen LogP contribution < -0.4 is 5.32 Å². The SMILES string of the molecule is CN1C(=O)N(C)C(=O)C2(C1=O)[C@H](c1ccc(Br)cc1)c1c(ccc3ccccc13)N[C@@H]2c1ccc(Br)cc1.